The number of benzene rings is 1. The topological polar surface area (TPSA) is 35.2 Å². The molecule has 0 aliphatic rings. The quantitative estimate of drug-likeness (QED) is 0.830. The summed E-state index contributed by atoms with van der Waals surface area (Å²) >= 11 is 6.14. The van der Waals surface area contributed by atoms with Gasteiger partial charge in [0.25, 0.3) is 0 Å². The number of hydrogen-bond donors (Lipinski definition) is 1. The van der Waals surface area contributed by atoms with E-state index in [-0.39, 0.29) is 12.0 Å². The van der Waals surface area contributed by atoms with E-state index < -0.39 is 0 Å². The van der Waals surface area contributed by atoms with Gasteiger partial charge < -0.3 is 10.5 Å². The summed E-state index contributed by atoms with van der Waals surface area (Å²) in [4.78, 5) is 0. The Morgan fingerprint density at radius 1 is 1.31 bits per heavy atom. The molecule has 0 bridgehead atoms. The minimum absolute atomic E-state index is 0.268. The van der Waals surface area contributed by atoms with Crippen LogP contribution < -0.4 is 5.73 Å². The van der Waals surface area contributed by atoms with Gasteiger partial charge in [-0.25, -0.2) is 0 Å². The molecular formula is C13H20ClNO. The van der Waals surface area contributed by atoms with Crippen LogP contribution in [-0.2, 0) is 4.74 Å². The monoisotopic (exact) mass is 241 g/mol. The third kappa shape index (κ3) is 4.12. The average Bonchev–Trinajstić information content (AvgIpc) is 2.25. The maximum absolute atomic E-state index is 6.14. The van der Waals surface area contributed by atoms with Gasteiger partial charge in [0.15, 0.2) is 0 Å². The van der Waals surface area contributed by atoms with Crippen LogP contribution in [0.4, 0.5) is 0 Å². The highest BCUT2D eigenvalue weighted by molar-refractivity contribution is 6.31. The number of hydrogen-bond acceptors (Lipinski definition) is 2. The molecule has 0 saturated carbocycles. The number of nitrogens with two attached hydrogens (primary N) is 1. The molecule has 0 heterocycles. The molecule has 0 spiro atoms. The van der Waals surface area contributed by atoms with E-state index in [0.29, 0.717) is 6.54 Å². The Morgan fingerprint density at radius 3 is 2.56 bits per heavy atom. The Labute approximate surface area is 103 Å². The van der Waals surface area contributed by atoms with E-state index in [2.05, 4.69) is 0 Å². The Hall–Kier alpha value is -0.570. The van der Waals surface area contributed by atoms with Crippen LogP contribution in [0.25, 0.3) is 0 Å². The molecular weight excluding hydrogens is 222 g/mol. The van der Waals surface area contributed by atoms with E-state index >= 15 is 0 Å². The van der Waals surface area contributed by atoms with Crippen LogP contribution in [0.3, 0.4) is 0 Å². The second-order valence-corrected chi connectivity index (χ2v) is 4.57. The minimum Gasteiger partial charge on any atom is -0.379 e. The van der Waals surface area contributed by atoms with Gasteiger partial charge in [0.05, 0.1) is 6.10 Å². The summed E-state index contributed by atoms with van der Waals surface area (Å²) in [6, 6.07) is 7.87. The van der Waals surface area contributed by atoms with Gasteiger partial charge in [-0.15, -0.1) is 0 Å². The van der Waals surface area contributed by atoms with Crippen LogP contribution in [-0.4, -0.2) is 19.3 Å². The van der Waals surface area contributed by atoms with E-state index in [1.807, 2.05) is 38.1 Å². The summed E-state index contributed by atoms with van der Waals surface area (Å²) in [7, 11) is 0. The largest absolute Gasteiger partial charge is 0.379 e. The fraction of sp³-hybridized carbons (Fsp3) is 0.538. The SMILES string of the molecule is CC(C)OCCC(CN)c1ccccc1Cl. The van der Waals surface area contributed by atoms with E-state index in [9.17, 15) is 0 Å². The zero-order chi connectivity index (χ0) is 12.0. The van der Waals surface area contributed by atoms with E-state index in [4.69, 9.17) is 22.1 Å². The van der Waals surface area contributed by atoms with Crippen LogP contribution >= 0.6 is 11.6 Å². The summed E-state index contributed by atoms with van der Waals surface area (Å²) in [6.45, 7) is 5.40. The van der Waals surface area contributed by atoms with Gasteiger partial charge in [0, 0.05) is 11.6 Å². The van der Waals surface area contributed by atoms with Crippen LogP contribution in [0.2, 0.25) is 5.02 Å². The summed E-state index contributed by atoms with van der Waals surface area (Å²) in [5, 5.41) is 0.794. The van der Waals surface area contributed by atoms with Crippen molar-refractivity contribution in [2.45, 2.75) is 32.3 Å². The maximum Gasteiger partial charge on any atom is 0.0518 e. The first kappa shape index (κ1) is 13.5. The van der Waals surface area contributed by atoms with Gasteiger partial charge in [0.1, 0.15) is 0 Å². The number of halogens is 1. The van der Waals surface area contributed by atoms with Crippen molar-refractivity contribution in [2.24, 2.45) is 5.73 Å². The van der Waals surface area contributed by atoms with Crippen molar-refractivity contribution < 1.29 is 4.74 Å². The number of ether oxygens (including phenoxy) is 1. The number of rotatable bonds is 6. The van der Waals surface area contributed by atoms with Crippen molar-refractivity contribution in [1.82, 2.24) is 0 Å². The highest BCUT2D eigenvalue weighted by Crippen LogP contribution is 2.26. The molecule has 0 aliphatic carbocycles. The van der Waals surface area contributed by atoms with Gasteiger partial charge in [-0.05, 0) is 44.4 Å². The summed E-state index contributed by atoms with van der Waals surface area (Å²) in [6.07, 6.45) is 1.18. The Kier molecular flexibility index (Phi) is 5.81. The minimum atomic E-state index is 0.268. The molecule has 3 heteroatoms. The molecule has 16 heavy (non-hydrogen) atoms. The van der Waals surface area contributed by atoms with Crippen LogP contribution in [0, 0.1) is 0 Å². The van der Waals surface area contributed by atoms with Crippen LogP contribution in [0.5, 0.6) is 0 Å². The molecule has 90 valence electrons. The van der Waals surface area contributed by atoms with Crippen molar-refractivity contribution in [3.8, 4) is 0 Å². The first-order chi connectivity index (χ1) is 7.65. The van der Waals surface area contributed by atoms with E-state index in [1.54, 1.807) is 0 Å². The lowest BCUT2D eigenvalue weighted by Gasteiger charge is -2.17. The fourth-order valence-electron chi connectivity index (χ4n) is 1.65. The normalized spacial score (nSPS) is 13.1. The molecule has 2 N–H and O–H groups in total. The van der Waals surface area contributed by atoms with Crippen LogP contribution in [0.1, 0.15) is 31.7 Å². The third-order valence-electron chi connectivity index (χ3n) is 2.55. The molecule has 0 radical (unpaired) electrons. The van der Waals surface area contributed by atoms with Crippen LogP contribution in [0.15, 0.2) is 24.3 Å². The summed E-state index contributed by atoms with van der Waals surface area (Å²) in [5.74, 6) is 0.285. The standard InChI is InChI=1S/C13H20ClNO/c1-10(2)16-8-7-11(9-15)12-5-3-4-6-13(12)14/h3-6,10-11H,7-9,15H2,1-2H3. The predicted molar refractivity (Wildman–Crippen MR) is 69.0 cm³/mol. The lowest BCUT2D eigenvalue weighted by Crippen LogP contribution is -2.16. The fourth-order valence-corrected chi connectivity index (χ4v) is 1.94. The second-order valence-electron chi connectivity index (χ2n) is 4.16. The van der Waals surface area contributed by atoms with Gasteiger partial charge in [-0.2, -0.15) is 0 Å². The molecule has 2 nitrogen and oxygen atoms in total. The Bertz CT molecular complexity index is 315. The van der Waals surface area contributed by atoms with Crippen molar-refractivity contribution in [3.63, 3.8) is 0 Å². The molecule has 1 aromatic carbocycles. The van der Waals surface area contributed by atoms with Crippen molar-refractivity contribution in [2.75, 3.05) is 13.2 Å². The van der Waals surface area contributed by atoms with Gasteiger partial charge >= 0.3 is 0 Å². The summed E-state index contributed by atoms with van der Waals surface area (Å²) < 4.78 is 5.54. The predicted octanol–water partition coefficient (Wildman–Crippen LogP) is 3.20. The Morgan fingerprint density at radius 2 is 2.00 bits per heavy atom. The van der Waals surface area contributed by atoms with Gasteiger partial charge in [-0.3, -0.25) is 0 Å². The van der Waals surface area contributed by atoms with Crippen molar-refractivity contribution in [3.05, 3.63) is 34.9 Å². The zero-order valence-electron chi connectivity index (χ0n) is 9.95. The van der Waals surface area contributed by atoms with Crippen molar-refractivity contribution in [1.29, 1.82) is 0 Å². The van der Waals surface area contributed by atoms with E-state index in [0.717, 1.165) is 23.6 Å². The van der Waals surface area contributed by atoms with Gasteiger partial charge in [0.2, 0.25) is 0 Å². The maximum atomic E-state index is 6.14. The molecule has 0 aromatic heterocycles. The lowest BCUT2D eigenvalue weighted by atomic mass is 9.96. The molecule has 1 atom stereocenters. The first-order valence-electron chi connectivity index (χ1n) is 5.71. The Balaban J connectivity index is 2.57. The molecule has 1 unspecified atom stereocenters. The van der Waals surface area contributed by atoms with E-state index in [1.165, 1.54) is 0 Å². The highest BCUT2D eigenvalue weighted by atomic mass is 35.5. The van der Waals surface area contributed by atoms with Gasteiger partial charge in [-0.1, -0.05) is 29.8 Å². The zero-order valence-corrected chi connectivity index (χ0v) is 10.7. The smallest absolute Gasteiger partial charge is 0.0518 e. The molecule has 1 rings (SSSR count). The summed E-state index contributed by atoms with van der Waals surface area (Å²) in [5.41, 5.74) is 6.90. The highest BCUT2D eigenvalue weighted by Gasteiger charge is 2.12. The molecule has 1 aromatic rings. The average molecular weight is 242 g/mol. The third-order valence-corrected chi connectivity index (χ3v) is 2.89. The molecule has 0 amide bonds. The molecule has 0 aliphatic heterocycles. The first-order valence-corrected chi connectivity index (χ1v) is 6.09. The molecule has 0 fully saturated rings. The molecule has 0 saturated heterocycles. The lowest BCUT2D eigenvalue weighted by molar-refractivity contribution is 0.0737. The van der Waals surface area contributed by atoms with Crippen molar-refractivity contribution >= 4 is 11.6 Å². The second kappa shape index (κ2) is 6.89.